The fourth-order valence-corrected chi connectivity index (χ4v) is 3.88. The number of aromatic amines is 1. The molecular formula is C18H16N2S. The molecular weight excluding hydrogens is 276 g/mol. The highest BCUT2D eigenvalue weighted by Gasteiger charge is 2.08. The van der Waals surface area contributed by atoms with Crippen LogP contribution in [0.2, 0.25) is 0 Å². The van der Waals surface area contributed by atoms with E-state index in [1.807, 2.05) is 11.3 Å². The van der Waals surface area contributed by atoms with Crippen LogP contribution in [0.25, 0.3) is 31.4 Å². The second-order valence-corrected chi connectivity index (χ2v) is 6.35. The molecule has 0 saturated heterocycles. The Morgan fingerprint density at radius 3 is 2.81 bits per heavy atom. The van der Waals surface area contributed by atoms with E-state index in [0.29, 0.717) is 6.54 Å². The van der Waals surface area contributed by atoms with Crippen molar-refractivity contribution >= 4 is 32.3 Å². The number of fused-ring (bicyclic) bond motifs is 2. The van der Waals surface area contributed by atoms with Gasteiger partial charge in [-0.15, -0.1) is 11.3 Å². The zero-order valence-electron chi connectivity index (χ0n) is 11.6. The van der Waals surface area contributed by atoms with Crippen LogP contribution in [0.5, 0.6) is 0 Å². The Labute approximate surface area is 127 Å². The van der Waals surface area contributed by atoms with Gasteiger partial charge in [-0.1, -0.05) is 24.3 Å². The minimum atomic E-state index is 0.681. The van der Waals surface area contributed by atoms with E-state index in [4.69, 9.17) is 5.73 Å². The van der Waals surface area contributed by atoms with Crippen LogP contribution in [-0.4, -0.2) is 11.5 Å². The van der Waals surface area contributed by atoms with Gasteiger partial charge in [0.05, 0.1) is 0 Å². The predicted molar refractivity (Wildman–Crippen MR) is 91.9 cm³/mol. The molecule has 0 aliphatic carbocycles. The molecule has 0 saturated carbocycles. The van der Waals surface area contributed by atoms with Crippen LogP contribution >= 0.6 is 11.3 Å². The van der Waals surface area contributed by atoms with Gasteiger partial charge in [-0.25, -0.2) is 0 Å². The molecule has 2 aromatic carbocycles. The molecule has 0 aliphatic rings. The van der Waals surface area contributed by atoms with Crippen LogP contribution in [0.4, 0.5) is 0 Å². The van der Waals surface area contributed by atoms with Crippen molar-refractivity contribution in [3.8, 4) is 10.4 Å². The summed E-state index contributed by atoms with van der Waals surface area (Å²) in [5, 5.41) is 2.60. The Morgan fingerprint density at radius 1 is 1.05 bits per heavy atom. The lowest BCUT2D eigenvalue weighted by Gasteiger charge is -2.00. The topological polar surface area (TPSA) is 41.8 Å². The molecule has 0 fully saturated rings. The van der Waals surface area contributed by atoms with Crippen LogP contribution in [0, 0.1) is 0 Å². The zero-order chi connectivity index (χ0) is 14.2. The van der Waals surface area contributed by atoms with Gasteiger partial charge in [-0.05, 0) is 53.7 Å². The molecule has 4 rings (SSSR count). The van der Waals surface area contributed by atoms with Gasteiger partial charge in [0.2, 0.25) is 0 Å². The second-order valence-electron chi connectivity index (χ2n) is 5.26. The summed E-state index contributed by atoms with van der Waals surface area (Å²) >= 11 is 1.85. The number of aromatic nitrogens is 1. The normalized spacial score (nSPS) is 11.5. The Balaban J connectivity index is 1.87. The highest BCUT2D eigenvalue weighted by molar-refractivity contribution is 7.22. The summed E-state index contributed by atoms with van der Waals surface area (Å²) < 4.78 is 1.34. The van der Waals surface area contributed by atoms with Gasteiger partial charge in [0.25, 0.3) is 0 Å². The predicted octanol–water partition coefficient (Wildman–Crippen LogP) is 4.55. The quantitative estimate of drug-likeness (QED) is 0.571. The lowest BCUT2D eigenvalue weighted by molar-refractivity contribution is 0.976. The summed E-state index contributed by atoms with van der Waals surface area (Å²) in [7, 11) is 0. The number of nitrogens with two attached hydrogens (primary N) is 1. The fourth-order valence-electron chi connectivity index (χ4n) is 2.82. The third kappa shape index (κ3) is 2.15. The van der Waals surface area contributed by atoms with Crippen LogP contribution in [-0.2, 0) is 6.42 Å². The molecule has 0 radical (unpaired) electrons. The number of nitrogens with one attached hydrogen (secondary N) is 1. The first kappa shape index (κ1) is 12.6. The minimum absolute atomic E-state index is 0.681. The molecule has 0 atom stereocenters. The molecule has 2 aromatic heterocycles. The van der Waals surface area contributed by atoms with Gasteiger partial charge in [0, 0.05) is 26.7 Å². The SMILES string of the molecule is NCCc1c[nH]c2ccc(-c3cc4ccccc4s3)cc12. The highest BCUT2D eigenvalue weighted by Crippen LogP contribution is 2.35. The number of benzene rings is 2. The van der Waals surface area contributed by atoms with Gasteiger partial charge in [0.15, 0.2) is 0 Å². The van der Waals surface area contributed by atoms with Crippen molar-refractivity contribution in [1.82, 2.24) is 4.98 Å². The Morgan fingerprint density at radius 2 is 1.95 bits per heavy atom. The summed E-state index contributed by atoms with van der Waals surface area (Å²) in [6, 6.07) is 17.4. The maximum atomic E-state index is 5.70. The Bertz CT molecular complexity index is 884. The molecule has 0 bridgehead atoms. The number of rotatable bonds is 3. The smallest absolute Gasteiger partial charge is 0.0457 e. The number of hydrogen-bond donors (Lipinski definition) is 2. The molecule has 3 heteroatoms. The number of hydrogen-bond acceptors (Lipinski definition) is 2. The van der Waals surface area contributed by atoms with Gasteiger partial charge >= 0.3 is 0 Å². The Kier molecular flexibility index (Phi) is 3.02. The van der Waals surface area contributed by atoms with Crippen molar-refractivity contribution in [2.24, 2.45) is 5.73 Å². The van der Waals surface area contributed by atoms with Gasteiger partial charge < -0.3 is 10.7 Å². The molecule has 2 nitrogen and oxygen atoms in total. The molecule has 104 valence electrons. The van der Waals surface area contributed by atoms with E-state index in [1.54, 1.807) is 0 Å². The van der Waals surface area contributed by atoms with E-state index in [-0.39, 0.29) is 0 Å². The fraction of sp³-hybridized carbons (Fsp3) is 0.111. The first-order valence-electron chi connectivity index (χ1n) is 7.14. The third-order valence-corrected chi connectivity index (χ3v) is 5.06. The maximum absolute atomic E-state index is 5.70. The molecule has 0 aliphatic heterocycles. The summed E-state index contributed by atoms with van der Waals surface area (Å²) in [6.07, 6.45) is 2.99. The van der Waals surface area contributed by atoms with Crippen LogP contribution in [0.1, 0.15) is 5.56 Å². The van der Waals surface area contributed by atoms with Crippen molar-refractivity contribution in [3.63, 3.8) is 0 Å². The van der Waals surface area contributed by atoms with Crippen molar-refractivity contribution < 1.29 is 0 Å². The van der Waals surface area contributed by atoms with E-state index in [9.17, 15) is 0 Å². The molecule has 0 amide bonds. The van der Waals surface area contributed by atoms with Crippen LogP contribution < -0.4 is 5.73 Å². The zero-order valence-corrected chi connectivity index (χ0v) is 12.4. The maximum Gasteiger partial charge on any atom is 0.0457 e. The first-order chi connectivity index (χ1) is 10.3. The van der Waals surface area contributed by atoms with E-state index in [0.717, 1.165) is 6.42 Å². The molecule has 21 heavy (non-hydrogen) atoms. The third-order valence-electron chi connectivity index (χ3n) is 3.89. The number of thiophene rings is 1. The lowest BCUT2D eigenvalue weighted by atomic mass is 10.1. The standard InChI is InChI=1S/C18H16N2S/c19-8-7-14-11-20-16-6-5-13(9-15(14)16)18-10-12-3-1-2-4-17(12)21-18/h1-6,9-11,20H,7-8,19H2. The van der Waals surface area contributed by atoms with Gasteiger partial charge in [-0.3, -0.25) is 0 Å². The molecule has 4 aromatic rings. The molecule has 0 unspecified atom stereocenters. The average Bonchev–Trinajstić information content (AvgIpc) is 3.11. The van der Waals surface area contributed by atoms with Crippen molar-refractivity contribution in [2.75, 3.05) is 6.54 Å². The molecule has 3 N–H and O–H groups in total. The van der Waals surface area contributed by atoms with E-state index in [1.165, 1.54) is 37.0 Å². The van der Waals surface area contributed by atoms with Crippen molar-refractivity contribution in [2.45, 2.75) is 6.42 Å². The first-order valence-corrected chi connectivity index (χ1v) is 7.96. The van der Waals surface area contributed by atoms with E-state index < -0.39 is 0 Å². The number of H-pyrrole nitrogens is 1. The lowest BCUT2D eigenvalue weighted by Crippen LogP contribution is -2.01. The van der Waals surface area contributed by atoms with Crippen LogP contribution in [0.3, 0.4) is 0 Å². The summed E-state index contributed by atoms with van der Waals surface area (Å²) in [5.41, 5.74) is 9.46. The van der Waals surface area contributed by atoms with Gasteiger partial charge in [-0.2, -0.15) is 0 Å². The van der Waals surface area contributed by atoms with Crippen molar-refractivity contribution in [1.29, 1.82) is 0 Å². The Hall–Kier alpha value is -2.10. The molecule has 0 spiro atoms. The van der Waals surface area contributed by atoms with Crippen molar-refractivity contribution in [3.05, 3.63) is 60.3 Å². The van der Waals surface area contributed by atoms with Crippen LogP contribution in [0.15, 0.2) is 54.7 Å². The highest BCUT2D eigenvalue weighted by atomic mass is 32.1. The van der Waals surface area contributed by atoms with E-state index >= 15 is 0 Å². The summed E-state index contributed by atoms with van der Waals surface area (Å²) in [5.74, 6) is 0. The second kappa shape index (κ2) is 5.02. The summed E-state index contributed by atoms with van der Waals surface area (Å²) in [4.78, 5) is 4.64. The largest absolute Gasteiger partial charge is 0.361 e. The monoisotopic (exact) mass is 292 g/mol. The average molecular weight is 292 g/mol. The minimum Gasteiger partial charge on any atom is -0.361 e. The van der Waals surface area contributed by atoms with Gasteiger partial charge in [0.1, 0.15) is 0 Å². The summed E-state index contributed by atoms with van der Waals surface area (Å²) in [6.45, 7) is 0.681. The van der Waals surface area contributed by atoms with E-state index in [2.05, 4.69) is 59.7 Å². The molecule has 2 heterocycles.